The highest BCUT2D eigenvalue weighted by Gasteiger charge is 2.84. The molecule has 2 aromatic rings. The number of hydrogen-bond donors (Lipinski definition) is 3. The van der Waals surface area contributed by atoms with E-state index in [1.165, 1.54) is 33.1 Å². The van der Waals surface area contributed by atoms with Crippen LogP contribution in [-0.4, -0.2) is 102 Å². The van der Waals surface area contributed by atoms with Crippen LogP contribution in [0.4, 0.5) is 22.4 Å². The van der Waals surface area contributed by atoms with Crippen LogP contribution in [0.1, 0.15) is 98.1 Å². The number of amides is 4. The summed E-state index contributed by atoms with van der Waals surface area (Å²) in [6.45, 7) is 7.54. The predicted molar refractivity (Wildman–Crippen MR) is 216 cm³/mol. The second kappa shape index (κ2) is 14.5. The molecule has 5 saturated carbocycles. The highest BCUT2D eigenvalue weighted by molar-refractivity contribution is 7.91. The van der Waals surface area contributed by atoms with E-state index in [1.54, 1.807) is 26.8 Å². The van der Waals surface area contributed by atoms with Gasteiger partial charge in [0, 0.05) is 18.4 Å². The van der Waals surface area contributed by atoms with Crippen molar-refractivity contribution in [2.24, 2.45) is 40.4 Å². The molecule has 5 aliphatic carbocycles. The molecule has 2 bridgehead atoms. The third kappa shape index (κ3) is 7.33. The Hall–Kier alpha value is -4.49. The summed E-state index contributed by atoms with van der Waals surface area (Å²) in [5.74, 6) is -9.00. The number of rotatable bonds is 7. The lowest BCUT2D eigenvalue weighted by Crippen LogP contribution is -2.61. The molecule has 1 spiro atoms. The number of hydrogen-bond acceptors (Lipinski definition) is 11. The number of alkyl carbamates (subject to hydrolysis) is 1. The van der Waals surface area contributed by atoms with E-state index in [0.29, 0.717) is 36.8 Å². The van der Waals surface area contributed by atoms with E-state index in [0.717, 1.165) is 11.3 Å². The summed E-state index contributed by atoms with van der Waals surface area (Å²) in [5, 5.41) is 5.15. The maximum absolute atomic E-state index is 16.6. The molecule has 6 fully saturated rings. The zero-order chi connectivity index (χ0) is 45.4. The van der Waals surface area contributed by atoms with Crippen molar-refractivity contribution in [1.29, 1.82) is 0 Å². The van der Waals surface area contributed by atoms with Crippen molar-refractivity contribution in [1.82, 2.24) is 30.2 Å². The zero-order valence-corrected chi connectivity index (χ0v) is 36.8. The van der Waals surface area contributed by atoms with E-state index in [4.69, 9.17) is 14.2 Å². The molecule has 7 aliphatic rings. The number of aromatic nitrogens is 2. The first kappa shape index (κ1) is 43.7. The van der Waals surface area contributed by atoms with Crippen molar-refractivity contribution in [3.63, 3.8) is 0 Å². The standard InChI is InChI=1S/C43H54F4N6O9S/c1-20-28-19-53(30(20)34(54)51-42(17-24(42)33(44)45)37(56)52-63(58,59)40(5)13-14-40)36(55)32(39(2,3)4)50-38(57)62-27-18-41-16-23(41)29(41)22(27)9-7-8-12-43(46,47)31-35(61-28)49-26-15-21(60-6)10-11-25(26)48-31/h10-11,15,20,22-24,27-30,32-33H,7-9,12-14,16-19H2,1-6H3,(H,50,57)(H,51,54)(H,52,56)/t20-,22+,23?,24+,27-,28+,29+,30+,32?,41+,42-/m1/s1. The second-order valence-corrected chi connectivity index (χ2v) is 22.6. The molecule has 1 aromatic heterocycles. The highest BCUT2D eigenvalue weighted by atomic mass is 32.2. The maximum atomic E-state index is 16.6. The first-order valence-corrected chi connectivity index (χ1v) is 23.3. The predicted octanol–water partition coefficient (Wildman–Crippen LogP) is 5.20. The molecular formula is C43H54F4N6O9S. The van der Waals surface area contributed by atoms with Gasteiger partial charge in [0.2, 0.25) is 34.1 Å². The Morgan fingerprint density at radius 3 is 2.38 bits per heavy atom. The van der Waals surface area contributed by atoms with Gasteiger partial charge in [-0.2, -0.15) is 8.78 Å². The number of nitrogens with one attached hydrogen (secondary N) is 3. The molecule has 4 amide bonds. The normalized spacial score (nSPS) is 36.5. The number of halogens is 4. The summed E-state index contributed by atoms with van der Waals surface area (Å²) < 4.78 is 106. The summed E-state index contributed by atoms with van der Waals surface area (Å²) >= 11 is 0. The van der Waals surface area contributed by atoms with Crippen LogP contribution in [0, 0.1) is 40.4 Å². The Bertz CT molecular complexity index is 2380. The number of methoxy groups -OCH3 is 1. The minimum atomic E-state index is -4.32. The Balaban J connectivity index is 1.09. The van der Waals surface area contributed by atoms with Gasteiger partial charge in [-0.3, -0.25) is 19.1 Å². The molecule has 2 unspecified atom stereocenters. The van der Waals surface area contributed by atoms with Gasteiger partial charge in [-0.15, -0.1) is 0 Å². The Morgan fingerprint density at radius 1 is 1.02 bits per heavy atom. The molecule has 0 radical (unpaired) electrons. The number of alkyl halides is 4. The minimum Gasteiger partial charge on any atom is -0.497 e. The van der Waals surface area contributed by atoms with Crippen LogP contribution in [0.25, 0.3) is 11.0 Å². The smallest absolute Gasteiger partial charge is 0.408 e. The number of ether oxygens (including phenoxy) is 3. The zero-order valence-electron chi connectivity index (χ0n) is 36.0. The van der Waals surface area contributed by atoms with Gasteiger partial charge in [0.05, 0.1) is 35.4 Å². The highest BCUT2D eigenvalue weighted by Crippen LogP contribution is 2.88. The van der Waals surface area contributed by atoms with Crippen LogP contribution < -0.4 is 24.8 Å². The summed E-state index contributed by atoms with van der Waals surface area (Å²) in [6.07, 6.45) is -3.68. The monoisotopic (exact) mass is 906 g/mol. The molecule has 11 atom stereocenters. The third-order valence-electron chi connectivity index (χ3n) is 15.3. The van der Waals surface area contributed by atoms with Crippen LogP contribution in [0.5, 0.6) is 11.6 Å². The number of nitrogens with zero attached hydrogens (tertiary/aromatic N) is 3. The quantitative estimate of drug-likeness (QED) is 0.309. The van der Waals surface area contributed by atoms with Crippen molar-refractivity contribution < 1.29 is 59.4 Å². The van der Waals surface area contributed by atoms with Gasteiger partial charge < -0.3 is 29.7 Å². The van der Waals surface area contributed by atoms with Crippen molar-refractivity contribution >= 4 is 44.9 Å². The van der Waals surface area contributed by atoms with E-state index in [-0.39, 0.29) is 41.6 Å². The molecule has 20 heteroatoms. The molecule has 344 valence electrons. The van der Waals surface area contributed by atoms with Gasteiger partial charge in [0.25, 0.3) is 11.8 Å². The third-order valence-corrected chi connectivity index (χ3v) is 17.5. The van der Waals surface area contributed by atoms with E-state index in [9.17, 15) is 36.4 Å². The van der Waals surface area contributed by atoms with Crippen LogP contribution in [-0.2, 0) is 35.1 Å². The average molecular weight is 907 g/mol. The number of benzene rings is 1. The molecule has 1 saturated heterocycles. The van der Waals surface area contributed by atoms with Gasteiger partial charge >= 0.3 is 6.09 Å². The largest absolute Gasteiger partial charge is 0.497 e. The van der Waals surface area contributed by atoms with Gasteiger partial charge in [-0.05, 0) is 92.6 Å². The summed E-state index contributed by atoms with van der Waals surface area (Å²) in [7, 11) is -2.89. The van der Waals surface area contributed by atoms with Gasteiger partial charge in [-0.1, -0.05) is 34.1 Å². The Kier molecular flexibility index (Phi) is 10.1. The Morgan fingerprint density at radius 2 is 1.75 bits per heavy atom. The van der Waals surface area contributed by atoms with Crippen LogP contribution in [0.15, 0.2) is 18.2 Å². The SMILES string of the molecule is COc1ccc2nc3c(nc2c1)O[C@H]1CN(C(=O)C(C(C)(C)C)NC(=O)O[C@@H]2C[C@@]45CC4[C@@H]5[C@H]2CCCCC3(F)F)[C@H](C(=O)N[C@]2(C(=O)NS(=O)(=O)C3(C)CC3)C[C@H]2C(F)F)[C@@H]1C. The van der Waals surface area contributed by atoms with E-state index in [2.05, 4.69) is 20.6 Å². The fraction of sp³-hybridized carbons (Fsp3) is 0.721. The van der Waals surface area contributed by atoms with Crippen molar-refractivity contribution in [3.05, 3.63) is 23.9 Å². The Labute approximate surface area is 362 Å². The molecular weight excluding hydrogens is 853 g/mol. The molecule has 3 N–H and O–H groups in total. The van der Waals surface area contributed by atoms with E-state index >= 15 is 8.78 Å². The summed E-state index contributed by atoms with van der Waals surface area (Å²) in [5.41, 5.74) is -3.71. The van der Waals surface area contributed by atoms with E-state index < -0.39 is 129 Å². The van der Waals surface area contributed by atoms with Gasteiger partial charge in [0.15, 0.2) is 5.69 Å². The van der Waals surface area contributed by atoms with Crippen LogP contribution in [0.2, 0.25) is 0 Å². The van der Waals surface area contributed by atoms with Gasteiger partial charge in [0.1, 0.15) is 35.6 Å². The average Bonchev–Trinajstić information content (AvgIpc) is 4.13. The fourth-order valence-corrected chi connectivity index (χ4v) is 12.1. The minimum absolute atomic E-state index is 0.0421. The number of fused-ring (bicyclic) bond motifs is 7. The van der Waals surface area contributed by atoms with Crippen LogP contribution >= 0.6 is 0 Å². The molecule has 2 aliphatic heterocycles. The van der Waals surface area contributed by atoms with Gasteiger partial charge in [-0.25, -0.2) is 32.0 Å². The molecule has 63 heavy (non-hydrogen) atoms. The van der Waals surface area contributed by atoms with E-state index in [1.807, 2.05) is 4.72 Å². The summed E-state index contributed by atoms with van der Waals surface area (Å²) in [6, 6.07) is 1.60. The van der Waals surface area contributed by atoms with Crippen molar-refractivity contribution in [2.75, 3.05) is 13.7 Å². The molecule has 9 rings (SSSR count). The topological polar surface area (TPSA) is 195 Å². The molecule has 3 heterocycles. The maximum Gasteiger partial charge on any atom is 0.408 e. The lowest BCUT2D eigenvalue weighted by Gasteiger charge is -2.36. The van der Waals surface area contributed by atoms with Crippen molar-refractivity contribution in [2.45, 2.75) is 139 Å². The first-order chi connectivity index (χ1) is 29.4. The fourth-order valence-electron chi connectivity index (χ4n) is 10.8. The lowest BCUT2D eigenvalue weighted by atomic mass is 9.85. The number of sulfonamides is 1. The lowest BCUT2D eigenvalue weighted by molar-refractivity contribution is -0.143. The second-order valence-electron chi connectivity index (χ2n) is 20.4. The first-order valence-electron chi connectivity index (χ1n) is 21.8. The summed E-state index contributed by atoms with van der Waals surface area (Å²) in [4.78, 5) is 67.0. The van der Waals surface area contributed by atoms with Crippen molar-refractivity contribution in [3.8, 4) is 11.6 Å². The van der Waals surface area contributed by atoms with Crippen LogP contribution in [0.3, 0.4) is 0 Å². The molecule has 1 aromatic carbocycles. The number of carbonyl (C=O) groups is 4. The molecule has 15 nitrogen and oxygen atoms in total. The number of carbonyl (C=O) groups excluding carboxylic acids is 4.